The molecule has 1 atom stereocenters. The van der Waals surface area contributed by atoms with E-state index in [-0.39, 0.29) is 0 Å². The van der Waals surface area contributed by atoms with Crippen LogP contribution in [0.2, 0.25) is 0 Å². The van der Waals surface area contributed by atoms with Gasteiger partial charge in [0.15, 0.2) is 19.2 Å². The molecule has 1 rings (SSSR count). The summed E-state index contributed by atoms with van der Waals surface area (Å²) in [4.78, 5) is 0. The molecule has 0 heterocycles. The third kappa shape index (κ3) is 1.47. The first-order chi connectivity index (χ1) is 3.43. The minimum atomic E-state index is 0.795. The molecule has 1 aliphatic carbocycles. The Morgan fingerprint density at radius 3 is 2.14 bits per heavy atom. The predicted octanol–water partition coefficient (Wildman–Crippen LogP) is 2.07. The summed E-state index contributed by atoms with van der Waals surface area (Å²) in [5.41, 5.74) is 0.940. The van der Waals surface area contributed by atoms with E-state index in [9.17, 15) is 0 Å². The maximum Gasteiger partial charge on any atom is 0.163 e. The molecule has 2 heteroatoms. The van der Waals surface area contributed by atoms with Crippen LogP contribution in [-0.4, -0.2) is 5.66 Å². The largest absolute Gasteiger partial charge is 0.163 e. The van der Waals surface area contributed by atoms with E-state index < -0.39 is 0 Å². The van der Waals surface area contributed by atoms with Crippen LogP contribution in [0.5, 0.6) is 0 Å². The molecule has 1 saturated carbocycles. The summed E-state index contributed by atoms with van der Waals surface area (Å²) in [7, 11) is 0.795. The van der Waals surface area contributed by atoms with Crippen LogP contribution in [0.15, 0.2) is 0 Å². The Hall–Kier alpha value is 0.520. The first-order valence-electron chi connectivity index (χ1n) is 2.81. The summed E-state index contributed by atoms with van der Waals surface area (Å²) in [5, 5.41) is 0. The lowest BCUT2D eigenvalue weighted by atomic mass is 10.4. The summed E-state index contributed by atoms with van der Waals surface area (Å²) in [6.07, 6.45) is 5.71. The minimum Gasteiger partial charge on any atom is -0.0489 e. The van der Waals surface area contributed by atoms with Gasteiger partial charge in [-0.25, -0.2) is 0 Å². The van der Waals surface area contributed by atoms with Gasteiger partial charge in [0, 0.05) is 0 Å². The molecule has 0 N–H and O–H groups in total. The first-order valence-corrected chi connectivity index (χ1v) is 5.02. The fourth-order valence-electron chi connectivity index (χ4n) is 1.04. The van der Waals surface area contributed by atoms with Crippen molar-refractivity contribution in [2.24, 2.45) is 0 Å². The van der Waals surface area contributed by atoms with E-state index in [2.05, 4.69) is 0 Å². The van der Waals surface area contributed by atoms with Crippen LogP contribution in [0.3, 0.4) is 0 Å². The Bertz CT molecular complexity index is 66.5. The van der Waals surface area contributed by atoms with Gasteiger partial charge < -0.3 is 0 Å². The van der Waals surface area contributed by atoms with Gasteiger partial charge in [-0.2, -0.15) is 0 Å². The minimum absolute atomic E-state index is 0.795. The molecule has 0 aromatic heterocycles. The quantitative estimate of drug-likeness (QED) is 0.493. The zero-order chi connectivity index (χ0) is 5.11. The van der Waals surface area contributed by atoms with Crippen molar-refractivity contribution < 1.29 is 0 Å². The molecular formula is C5H10PS+. The second kappa shape index (κ2) is 2.74. The average Bonchev–Trinajstić information content (AvgIpc) is 2.14. The van der Waals surface area contributed by atoms with Gasteiger partial charge in [0.2, 0.25) is 0 Å². The lowest BCUT2D eigenvalue weighted by Crippen LogP contribution is -1.83. The van der Waals surface area contributed by atoms with Gasteiger partial charge in [0.05, 0.1) is 0 Å². The molecule has 0 spiro atoms. The normalized spacial score (nSPS) is 24.0. The van der Waals surface area contributed by atoms with Crippen LogP contribution in [0.1, 0.15) is 25.7 Å². The summed E-state index contributed by atoms with van der Waals surface area (Å²) < 4.78 is 0. The van der Waals surface area contributed by atoms with Crippen molar-refractivity contribution in [3.05, 3.63) is 0 Å². The van der Waals surface area contributed by atoms with Crippen LogP contribution < -0.4 is 0 Å². The molecule has 0 bridgehead atoms. The Morgan fingerprint density at radius 1 is 1.29 bits per heavy atom. The van der Waals surface area contributed by atoms with E-state index >= 15 is 0 Å². The van der Waals surface area contributed by atoms with Gasteiger partial charge in [0.1, 0.15) is 5.66 Å². The number of rotatable bonds is 1. The lowest BCUT2D eigenvalue weighted by molar-refractivity contribution is 0.886. The Labute approximate surface area is 51.1 Å². The van der Waals surface area contributed by atoms with E-state index in [0.29, 0.717) is 0 Å². The Morgan fingerprint density at radius 2 is 1.86 bits per heavy atom. The van der Waals surface area contributed by atoms with Crippen molar-refractivity contribution in [3.63, 3.8) is 0 Å². The number of hydrogen-bond acceptors (Lipinski definition) is 1. The van der Waals surface area contributed by atoms with E-state index in [1.165, 1.54) is 25.7 Å². The molecule has 0 aliphatic heterocycles. The molecule has 40 valence electrons. The van der Waals surface area contributed by atoms with Gasteiger partial charge in [-0.15, -0.1) is 0 Å². The maximum atomic E-state index is 4.94. The third-order valence-corrected chi connectivity index (χ3v) is 3.43. The molecular weight excluding hydrogens is 123 g/mol. The molecule has 1 unspecified atom stereocenters. The highest BCUT2D eigenvalue weighted by Gasteiger charge is 2.17. The van der Waals surface area contributed by atoms with Gasteiger partial charge in [-0.1, -0.05) is 0 Å². The third-order valence-electron chi connectivity index (χ3n) is 1.52. The van der Waals surface area contributed by atoms with Crippen molar-refractivity contribution in [3.8, 4) is 0 Å². The second-order valence-corrected chi connectivity index (χ2v) is 3.86. The Kier molecular flexibility index (Phi) is 2.21. The van der Waals surface area contributed by atoms with E-state index in [0.717, 1.165) is 13.0 Å². The fraction of sp³-hybridized carbons (Fsp3) is 1.00. The first kappa shape index (κ1) is 5.65. The van der Waals surface area contributed by atoms with Crippen molar-refractivity contribution in [2.75, 3.05) is 0 Å². The van der Waals surface area contributed by atoms with Crippen LogP contribution >= 0.6 is 7.36 Å². The molecule has 7 heavy (non-hydrogen) atoms. The Balaban J connectivity index is 2.26. The van der Waals surface area contributed by atoms with Crippen molar-refractivity contribution >= 4 is 19.2 Å². The number of hydrogen-bond donors (Lipinski definition) is 0. The second-order valence-electron chi connectivity index (χ2n) is 2.10. The van der Waals surface area contributed by atoms with E-state index in [4.69, 9.17) is 11.8 Å². The summed E-state index contributed by atoms with van der Waals surface area (Å²) >= 11 is 4.94. The van der Waals surface area contributed by atoms with Gasteiger partial charge >= 0.3 is 0 Å². The highest BCUT2D eigenvalue weighted by molar-refractivity contribution is 7.96. The van der Waals surface area contributed by atoms with Gasteiger partial charge in [-0.3, -0.25) is 0 Å². The monoisotopic (exact) mass is 133 g/mol. The molecule has 0 aromatic rings. The van der Waals surface area contributed by atoms with Crippen molar-refractivity contribution in [1.29, 1.82) is 0 Å². The van der Waals surface area contributed by atoms with Gasteiger partial charge in [-0.05, 0) is 25.7 Å². The molecule has 0 saturated heterocycles. The summed E-state index contributed by atoms with van der Waals surface area (Å²) in [5.74, 6) is 0. The zero-order valence-electron chi connectivity index (χ0n) is 4.31. The zero-order valence-corrected chi connectivity index (χ0v) is 6.13. The molecule has 0 nitrogen and oxygen atoms in total. The predicted molar refractivity (Wildman–Crippen MR) is 37.9 cm³/mol. The highest BCUT2D eigenvalue weighted by atomic mass is 32.4. The lowest BCUT2D eigenvalue weighted by Gasteiger charge is -1.82. The molecule has 0 aromatic carbocycles. The SMILES string of the molecule is S=[PH+]C1CCCC1. The summed E-state index contributed by atoms with van der Waals surface area (Å²) in [6, 6.07) is 0. The van der Waals surface area contributed by atoms with Crippen molar-refractivity contribution in [1.82, 2.24) is 0 Å². The fourth-order valence-corrected chi connectivity index (χ4v) is 2.39. The maximum absolute atomic E-state index is 4.94. The van der Waals surface area contributed by atoms with Gasteiger partial charge in [0.25, 0.3) is 0 Å². The average molecular weight is 133 g/mol. The highest BCUT2D eigenvalue weighted by Crippen LogP contribution is 2.27. The summed E-state index contributed by atoms with van der Waals surface area (Å²) in [6.45, 7) is 0. The van der Waals surface area contributed by atoms with Crippen LogP contribution in [0, 0.1) is 0 Å². The molecule has 0 amide bonds. The van der Waals surface area contributed by atoms with E-state index in [1.807, 2.05) is 0 Å². The molecule has 1 aliphatic rings. The smallest absolute Gasteiger partial charge is 0.0489 e. The molecule has 0 radical (unpaired) electrons. The standard InChI is InChI=1S/C5H9PS/c7-6-5-3-1-2-4-5/h5H,1-4H2/p+1. The molecule has 1 fully saturated rings. The van der Waals surface area contributed by atoms with Crippen LogP contribution in [0.4, 0.5) is 0 Å². The van der Waals surface area contributed by atoms with Crippen molar-refractivity contribution in [2.45, 2.75) is 31.3 Å². The van der Waals surface area contributed by atoms with Crippen LogP contribution in [-0.2, 0) is 11.8 Å². The van der Waals surface area contributed by atoms with E-state index in [1.54, 1.807) is 0 Å². The topological polar surface area (TPSA) is 0 Å². The van der Waals surface area contributed by atoms with Crippen LogP contribution in [0.25, 0.3) is 0 Å².